The van der Waals surface area contributed by atoms with Crippen LogP contribution in [0.3, 0.4) is 0 Å². The lowest BCUT2D eigenvalue weighted by molar-refractivity contribution is -0.140. The molecule has 1 unspecified atom stereocenters. The third-order valence-electron chi connectivity index (χ3n) is 2.76. The molecule has 0 spiro atoms. The van der Waals surface area contributed by atoms with Gasteiger partial charge in [0.2, 0.25) is 10.0 Å². The zero-order valence-electron chi connectivity index (χ0n) is 10.6. The SMILES string of the molecule is Cc1cccc(NS(=O)(=O)CC(C)C(=O)O)c1C. The number of hydrogen-bond donors (Lipinski definition) is 2. The highest BCUT2D eigenvalue weighted by Gasteiger charge is 2.21. The molecule has 0 aliphatic carbocycles. The third-order valence-corrected chi connectivity index (χ3v) is 4.23. The van der Waals surface area contributed by atoms with Gasteiger partial charge in [-0.3, -0.25) is 9.52 Å². The summed E-state index contributed by atoms with van der Waals surface area (Å²) in [4.78, 5) is 10.7. The number of rotatable bonds is 5. The van der Waals surface area contributed by atoms with E-state index in [1.165, 1.54) is 6.92 Å². The lowest BCUT2D eigenvalue weighted by atomic mass is 10.1. The Morgan fingerprint density at radius 3 is 2.56 bits per heavy atom. The van der Waals surface area contributed by atoms with E-state index < -0.39 is 27.7 Å². The third kappa shape index (κ3) is 3.73. The Labute approximate surface area is 107 Å². The molecule has 6 heteroatoms. The number of sulfonamides is 1. The number of carbonyl (C=O) groups is 1. The van der Waals surface area contributed by atoms with Crippen LogP contribution >= 0.6 is 0 Å². The van der Waals surface area contributed by atoms with Gasteiger partial charge in [0.1, 0.15) is 0 Å². The van der Waals surface area contributed by atoms with Crippen molar-refractivity contribution in [1.29, 1.82) is 0 Å². The van der Waals surface area contributed by atoms with Crippen molar-refractivity contribution >= 4 is 21.7 Å². The molecule has 1 aromatic carbocycles. The van der Waals surface area contributed by atoms with Gasteiger partial charge in [0.15, 0.2) is 0 Å². The van der Waals surface area contributed by atoms with E-state index in [4.69, 9.17) is 5.11 Å². The fourth-order valence-electron chi connectivity index (χ4n) is 1.47. The predicted molar refractivity (Wildman–Crippen MR) is 70.1 cm³/mol. The van der Waals surface area contributed by atoms with E-state index in [1.807, 2.05) is 19.9 Å². The number of carboxylic acid groups (broad SMARTS) is 1. The molecule has 0 fully saturated rings. The summed E-state index contributed by atoms with van der Waals surface area (Å²) in [7, 11) is -3.65. The largest absolute Gasteiger partial charge is 0.481 e. The highest BCUT2D eigenvalue weighted by molar-refractivity contribution is 7.92. The van der Waals surface area contributed by atoms with Crippen LogP contribution < -0.4 is 4.72 Å². The second kappa shape index (κ2) is 5.39. The smallest absolute Gasteiger partial charge is 0.307 e. The second-order valence-electron chi connectivity index (χ2n) is 4.37. The molecule has 0 radical (unpaired) electrons. The van der Waals surface area contributed by atoms with Crippen LogP contribution in [0.15, 0.2) is 18.2 Å². The fourth-order valence-corrected chi connectivity index (χ4v) is 2.91. The fraction of sp³-hybridized carbons (Fsp3) is 0.417. The predicted octanol–water partition coefficient (Wildman–Crippen LogP) is 1.77. The molecule has 1 atom stereocenters. The van der Waals surface area contributed by atoms with Crippen molar-refractivity contribution in [2.75, 3.05) is 10.5 Å². The zero-order chi connectivity index (χ0) is 13.9. The molecule has 100 valence electrons. The molecule has 0 aliphatic rings. The Morgan fingerprint density at radius 1 is 1.39 bits per heavy atom. The van der Waals surface area contributed by atoms with Crippen molar-refractivity contribution in [3.8, 4) is 0 Å². The first kappa shape index (κ1) is 14.5. The Balaban J connectivity index is 2.90. The quantitative estimate of drug-likeness (QED) is 0.854. The van der Waals surface area contributed by atoms with Gasteiger partial charge in [-0.25, -0.2) is 8.42 Å². The summed E-state index contributed by atoms with van der Waals surface area (Å²) in [5, 5.41) is 8.72. The van der Waals surface area contributed by atoms with Crippen molar-refractivity contribution in [1.82, 2.24) is 0 Å². The van der Waals surface area contributed by atoms with Crippen molar-refractivity contribution in [2.24, 2.45) is 5.92 Å². The van der Waals surface area contributed by atoms with Crippen LogP contribution in [0, 0.1) is 19.8 Å². The zero-order valence-corrected chi connectivity index (χ0v) is 11.4. The molecule has 2 N–H and O–H groups in total. The number of aryl methyl sites for hydroxylation is 1. The minimum atomic E-state index is -3.65. The van der Waals surface area contributed by atoms with E-state index in [2.05, 4.69) is 4.72 Å². The van der Waals surface area contributed by atoms with Gasteiger partial charge in [-0.2, -0.15) is 0 Å². The van der Waals surface area contributed by atoms with Gasteiger partial charge in [0, 0.05) is 0 Å². The standard InChI is InChI=1S/C12H17NO4S/c1-8-5-4-6-11(10(8)3)13-18(16,17)7-9(2)12(14)15/h4-6,9,13H,7H2,1-3H3,(H,14,15). The maximum Gasteiger partial charge on any atom is 0.307 e. The minimum absolute atomic E-state index is 0.435. The first-order valence-corrected chi connectivity index (χ1v) is 7.17. The average molecular weight is 271 g/mol. The summed E-state index contributed by atoms with van der Waals surface area (Å²) in [6, 6.07) is 5.29. The van der Waals surface area contributed by atoms with E-state index in [-0.39, 0.29) is 0 Å². The number of nitrogens with one attached hydrogen (secondary N) is 1. The summed E-state index contributed by atoms with van der Waals surface area (Å²) in [5.41, 5.74) is 2.30. The molecular formula is C12H17NO4S. The summed E-state index contributed by atoms with van der Waals surface area (Å²) in [5.74, 6) is -2.50. The maximum atomic E-state index is 11.8. The summed E-state index contributed by atoms with van der Waals surface area (Å²) in [6.45, 7) is 5.06. The molecule has 0 saturated heterocycles. The van der Waals surface area contributed by atoms with E-state index in [0.29, 0.717) is 5.69 Å². The van der Waals surface area contributed by atoms with E-state index in [0.717, 1.165) is 11.1 Å². The van der Waals surface area contributed by atoms with Gasteiger partial charge in [-0.1, -0.05) is 19.1 Å². The Kier molecular flexibility index (Phi) is 4.34. The van der Waals surface area contributed by atoms with E-state index >= 15 is 0 Å². The molecule has 1 rings (SSSR count). The lowest BCUT2D eigenvalue weighted by Crippen LogP contribution is -2.26. The van der Waals surface area contributed by atoms with Crippen molar-refractivity contribution < 1.29 is 18.3 Å². The molecule has 0 amide bonds. The maximum absolute atomic E-state index is 11.8. The molecule has 18 heavy (non-hydrogen) atoms. The monoisotopic (exact) mass is 271 g/mol. The first-order chi connectivity index (χ1) is 8.23. The van der Waals surface area contributed by atoms with Crippen LogP contribution in [0.5, 0.6) is 0 Å². The van der Waals surface area contributed by atoms with Gasteiger partial charge in [-0.15, -0.1) is 0 Å². The number of aliphatic carboxylic acids is 1. The van der Waals surface area contributed by atoms with Gasteiger partial charge in [0.05, 0.1) is 17.4 Å². The van der Waals surface area contributed by atoms with Crippen LogP contribution in [0.4, 0.5) is 5.69 Å². The Hall–Kier alpha value is -1.56. The summed E-state index contributed by atoms with van der Waals surface area (Å²) < 4.78 is 26.0. The molecule has 0 bridgehead atoms. The lowest BCUT2D eigenvalue weighted by Gasteiger charge is -2.13. The van der Waals surface area contributed by atoms with Crippen molar-refractivity contribution in [3.05, 3.63) is 29.3 Å². The van der Waals surface area contributed by atoms with Crippen molar-refractivity contribution in [2.45, 2.75) is 20.8 Å². The van der Waals surface area contributed by atoms with Gasteiger partial charge in [-0.05, 0) is 31.0 Å². The van der Waals surface area contributed by atoms with Crippen LogP contribution in [-0.2, 0) is 14.8 Å². The van der Waals surface area contributed by atoms with Crippen LogP contribution in [0.1, 0.15) is 18.1 Å². The topological polar surface area (TPSA) is 83.5 Å². The average Bonchev–Trinajstić information content (AvgIpc) is 2.23. The Bertz CT molecular complexity index is 551. The van der Waals surface area contributed by atoms with E-state index in [1.54, 1.807) is 12.1 Å². The van der Waals surface area contributed by atoms with Crippen molar-refractivity contribution in [3.63, 3.8) is 0 Å². The normalized spacial score (nSPS) is 13.1. The minimum Gasteiger partial charge on any atom is -0.481 e. The number of hydrogen-bond acceptors (Lipinski definition) is 3. The van der Waals surface area contributed by atoms with E-state index in [9.17, 15) is 13.2 Å². The van der Waals surface area contributed by atoms with Crippen LogP contribution in [0.2, 0.25) is 0 Å². The molecule has 1 aromatic rings. The van der Waals surface area contributed by atoms with Gasteiger partial charge in [0.25, 0.3) is 0 Å². The molecule has 0 heterocycles. The second-order valence-corrected chi connectivity index (χ2v) is 6.14. The highest BCUT2D eigenvalue weighted by Crippen LogP contribution is 2.19. The van der Waals surface area contributed by atoms with Gasteiger partial charge < -0.3 is 5.11 Å². The molecule has 0 aliphatic heterocycles. The summed E-state index contributed by atoms with van der Waals surface area (Å²) in [6.07, 6.45) is 0. The van der Waals surface area contributed by atoms with Crippen LogP contribution in [-0.4, -0.2) is 25.2 Å². The first-order valence-electron chi connectivity index (χ1n) is 5.52. The molecule has 5 nitrogen and oxygen atoms in total. The Morgan fingerprint density at radius 2 is 2.00 bits per heavy atom. The van der Waals surface area contributed by atoms with Gasteiger partial charge >= 0.3 is 5.97 Å². The molecular weight excluding hydrogens is 254 g/mol. The number of benzene rings is 1. The summed E-state index contributed by atoms with van der Waals surface area (Å²) >= 11 is 0. The molecule has 0 aromatic heterocycles. The number of anilines is 1. The molecule has 0 saturated carbocycles. The highest BCUT2D eigenvalue weighted by atomic mass is 32.2. The number of carboxylic acids is 1. The van der Waals surface area contributed by atoms with Crippen LogP contribution in [0.25, 0.3) is 0 Å².